The Bertz CT molecular complexity index is 531. The van der Waals surface area contributed by atoms with Gasteiger partial charge in [-0.25, -0.2) is 9.59 Å². The summed E-state index contributed by atoms with van der Waals surface area (Å²) in [5.41, 5.74) is 1.19. The molecular weight excluding hydrogens is 256 g/mol. The number of carbonyl (C=O) groups is 2. The van der Waals surface area contributed by atoms with Crippen LogP contribution >= 0.6 is 0 Å². The van der Waals surface area contributed by atoms with Crippen LogP contribution in [0.5, 0.6) is 0 Å². The molecule has 3 N–H and O–H groups in total. The third kappa shape index (κ3) is 2.76. The van der Waals surface area contributed by atoms with E-state index in [1.54, 1.807) is 12.1 Å². The highest BCUT2D eigenvalue weighted by Gasteiger charge is 2.53. The molecule has 0 spiro atoms. The van der Waals surface area contributed by atoms with Crippen LogP contribution in [0.4, 0.5) is 10.5 Å². The molecular formula is C15H18N2O3. The Morgan fingerprint density at radius 1 is 1.20 bits per heavy atom. The van der Waals surface area contributed by atoms with Crippen LogP contribution in [-0.2, 0) is 0 Å². The van der Waals surface area contributed by atoms with Gasteiger partial charge in [-0.2, -0.15) is 0 Å². The lowest BCUT2D eigenvalue weighted by atomic mass is 10.0. The van der Waals surface area contributed by atoms with E-state index in [0.717, 1.165) is 12.5 Å². The van der Waals surface area contributed by atoms with Crippen molar-refractivity contribution in [2.45, 2.75) is 25.7 Å². The molecule has 2 amide bonds. The molecule has 2 aliphatic rings. The van der Waals surface area contributed by atoms with Gasteiger partial charge in [-0.05, 0) is 61.3 Å². The molecule has 5 nitrogen and oxygen atoms in total. The Hall–Kier alpha value is -2.04. The fourth-order valence-corrected chi connectivity index (χ4v) is 2.71. The standard InChI is InChI=1S/C15H18N2O3/c18-13(19)10-1-5-12(6-2-10)17-14(20)16-9-15(7-8-15)11-3-4-11/h1-2,5-6,11H,3-4,7-9H2,(H,18,19)(H2,16,17,20). The summed E-state index contributed by atoms with van der Waals surface area (Å²) in [6, 6.07) is 5.92. The first-order valence-corrected chi connectivity index (χ1v) is 6.97. The van der Waals surface area contributed by atoms with E-state index in [0.29, 0.717) is 11.1 Å². The van der Waals surface area contributed by atoms with Crippen molar-refractivity contribution in [3.8, 4) is 0 Å². The number of rotatable bonds is 5. The third-order valence-corrected chi connectivity index (χ3v) is 4.33. The summed E-state index contributed by atoms with van der Waals surface area (Å²) >= 11 is 0. The van der Waals surface area contributed by atoms with E-state index in [9.17, 15) is 9.59 Å². The highest BCUT2D eigenvalue weighted by atomic mass is 16.4. The molecule has 20 heavy (non-hydrogen) atoms. The van der Waals surface area contributed by atoms with Gasteiger partial charge in [-0.1, -0.05) is 0 Å². The van der Waals surface area contributed by atoms with Gasteiger partial charge in [-0.15, -0.1) is 0 Å². The van der Waals surface area contributed by atoms with Crippen LogP contribution in [0.2, 0.25) is 0 Å². The zero-order valence-electron chi connectivity index (χ0n) is 11.2. The summed E-state index contributed by atoms with van der Waals surface area (Å²) < 4.78 is 0. The van der Waals surface area contributed by atoms with Crippen LogP contribution < -0.4 is 10.6 Å². The summed E-state index contributed by atoms with van der Waals surface area (Å²) in [5.74, 6) is -0.154. The first kappa shape index (κ1) is 13.0. The molecule has 0 bridgehead atoms. The van der Waals surface area contributed by atoms with E-state index in [1.165, 1.54) is 37.8 Å². The number of anilines is 1. The molecule has 0 aliphatic heterocycles. The average molecular weight is 274 g/mol. The molecule has 0 heterocycles. The van der Waals surface area contributed by atoms with Crippen molar-refractivity contribution in [2.75, 3.05) is 11.9 Å². The van der Waals surface area contributed by atoms with E-state index >= 15 is 0 Å². The molecule has 0 unspecified atom stereocenters. The van der Waals surface area contributed by atoms with E-state index in [-0.39, 0.29) is 11.6 Å². The number of urea groups is 1. The lowest BCUT2D eigenvalue weighted by Gasteiger charge is -2.15. The number of carbonyl (C=O) groups excluding carboxylic acids is 1. The third-order valence-electron chi connectivity index (χ3n) is 4.33. The average Bonchev–Trinajstić information content (AvgIpc) is 3.28. The number of hydrogen-bond donors (Lipinski definition) is 3. The molecule has 0 saturated heterocycles. The summed E-state index contributed by atoms with van der Waals surface area (Å²) in [5, 5.41) is 14.4. The van der Waals surface area contributed by atoms with Crippen LogP contribution in [0.3, 0.4) is 0 Å². The van der Waals surface area contributed by atoms with Gasteiger partial charge in [0, 0.05) is 12.2 Å². The highest BCUT2D eigenvalue weighted by molar-refractivity contribution is 5.91. The van der Waals surface area contributed by atoms with E-state index in [2.05, 4.69) is 10.6 Å². The van der Waals surface area contributed by atoms with E-state index in [4.69, 9.17) is 5.11 Å². The van der Waals surface area contributed by atoms with Crippen molar-refractivity contribution in [3.05, 3.63) is 29.8 Å². The number of carboxylic acids is 1. The highest BCUT2D eigenvalue weighted by Crippen LogP contribution is 2.60. The van der Waals surface area contributed by atoms with Crippen LogP contribution in [-0.4, -0.2) is 23.7 Å². The number of carboxylic acid groups (broad SMARTS) is 1. The van der Waals surface area contributed by atoms with E-state index in [1.807, 2.05) is 0 Å². The second kappa shape index (κ2) is 4.81. The van der Waals surface area contributed by atoms with Gasteiger partial charge in [0.1, 0.15) is 0 Å². The summed E-state index contributed by atoms with van der Waals surface area (Å²) in [7, 11) is 0. The molecule has 106 valence electrons. The largest absolute Gasteiger partial charge is 0.478 e. The minimum absolute atomic E-state index is 0.210. The Kier molecular flexibility index (Phi) is 3.12. The van der Waals surface area contributed by atoms with Crippen molar-refractivity contribution in [1.82, 2.24) is 5.32 Å². The second-order valence-electron chi connectivity index (χ2n) is 5.83. The maximum Gasteiger partial charge on any atom is 0.335 e. The van der Waals surface area contributed by atoms with Crippen molar-refractivity contribution >= 4 is 17.7 Å². The van der Waals surface area contributed by atoms with Gasteiger partial charge in [0.05, 0.1) is 5.56 Å². The molecule has 3 rings (SSSR count). The first-order chi connectivity index (χ1) is 9.59. The van der Waals surface area contributed by atoms with Gasteiger partial charge in [0.25, 0.3) is 0 Å². The van der Waals surface area contributed by atoms with Gasteiger partial charge in [0.2, 0.25) is 0 Å². The minimum Gasteiger partial charge on any atom is -0.478 e. The van der Waals surface area contributed by atoms with Crippen molar-refractivity contribution in [1.29, 1.82) is 0 Å². The molecule has 2 aliphatic carbocycles. The lowest BCUT2D eigenvalue weighted by Crippen LogP contribution is -2.34. The summed E-state index contributed by atoms with van der Waals surface area (Å²) in [6.07, 6.45) is 5.07. The molecule has 1 aromatic rings. The van der Waals surface area contributed by atoms with Crippen molar-refractivity contribution < 1.29 is 14.7 Å². The molecule has 0 aromatic heterocycles. The smallest absolute Gasteiger partial charge is 0.335 e. The fourth-order valence-electron chi connectivity index (χ4n) is 2.71. The van der Waals surface area contributed by atoms with Crippen LogP contribution in [0.25, 0.3) is 0 Å². The quantitative estimate of drug-likeness (QED) is 0.772. The first-order valence-electron chi connectivity index (χ1n) is 6.97. The topological polar surface area (TPSA) is 78.4 Å². The van der Waals surface area contributed by atoms with E-state index < -0.39 is 5.97 Å². The number of benzene rings is 1. The van der Waals surface area contributed by atoms with Gasteiger partial charge in [-0.3, -0.25) is 0 Å². The fraction of sp³-hybridized carbons (Fsp3) is 0.467. The summed E-state index contributed by atoms with van der Waals surface area (Å²) in [4.78, 5) is 22.5. The van der Waals surface area contributed by atoms with Gasteiger partial charge >= 0.3 is 12.0 Å². The lowest BCUT2D eigenvalue weighted by molar-refractivity contribution is 0.0697. The Morgan fingerprint density at radius 2 is 1.85 bits per heavy atom. The monoisotopic (exact) mass is 274 g/mol. The van der Waals surface area contributed by atoms with Crippen molar-refractivity contribution in [3.63, 3.8) is 0 Å². The maximum absolute atomic E-state index is 11.8. The number of aromatic carboxylic acids is 1. The molecule has 5 heteroatoms. The number of hydrogen-bond acceptors (Lipinski definition) is 2. The Balaban J connectivity index is 1.49. The molecule has 2 saturated carbocycles. The Labute approximate surface area is 117 Å². The second-order valence-corrected chi connectivity index (χ2v) is 5.83. The number of nitrogens with one attached hydrogen (secondary N) is 2. The van der Waals surface area contributed by atoms with Crippen LogP contribution in [0.1, 0.15) is 36.0 Å². The molecule has 0 atom stereocenters. The van der Waals surface area contributed by atoms with Crippen molar-refractivity contribution in [2.24, 2.45) is 11.3 Å². The minimum atomic E-state index is -0.971. The Morgan fingerprint density at radius 3 is 2.35 bits per heavy atom. The molecule has 0 radical (unpaired) electrons. The molecule has 2 fully saturated rings. The zero-order valence-corrected chi connectivity index (χ0v) is 11.2. The number of amides is 2. The van der Waals surface area contributed by atoms with Gasteiger partial charge in [0.15, 0.2) is 0 Å². The van der Waals surface area contributed by atoms with Crippen LogP contribution in [0, 0.1) is 11.3 Å². The SMILES string of the molecule is O=C(NCC1(C2CC2)CC1)Nc1ccc(C(=O)O)cc1. The predicted molar refractivity (Wildman–Crippen MR) is 74.8 cm³/mol. The molecule has 1 aromatic carbocycles. The zero-order chi connectivity index (χ0) is 14.2. The summed E-state index contributed by atoms with van der Waals surface area (Å²) in [6.45, 7) is 0.747. The predicted octanol–water partition coefficient (Wildman–Crippen LogP) is 2.70. The normalized spacial score (nSPS) is 19.2. The van der Waals surface area contributed by atoms with Gasteiger partial charge < -0.3 is 15.7 Å². The maximum atomic E-state index is 11.8. The van der Waals surface area contributed by atoms with Crippen LogP contribution in [0.15, 0.2) is 24.3 Å².